The second-order valence-corrected chi connectivity index (χ2v) is 8.07. The Bertz CT molecular complexity index is 1030. The minimum Gasteiger partial charge on any atom is -0.273 e. The Morgan fingerprint density at radius 2 is 1.62 bits per heavy atom. The first kappa shape index (κ1) is 18.0. The van der Waals surface area contributed by atoms with E-state index in [2.05, 4.69) is 0 Å². The fourth-order valence-corrected chi connectivity index (χ4v) is 3.90. The van der Waals surface area contributed by atoms with Gasteiger partial charge in [0.15, 0.2) is 9.84 Å². The van der Waals surface area contributed by atoms with Gasteiger partial charge in [0.1, 0.15) is 0 Å². The minimum absolute atomic E-state index is 0.0180. The molecule has 3 rings (SSSR count). The van der Waals surface area contributed by atoms with Gasteiger partial charge in [0.25, 0.3) is 17.5 Å². The molecule has 1 aliphatic rings. The predicted octanol–water partition coefficient (Wildman–Crippen LogP) is 2.32. The van der Waals surface area contributed by atoms with Crippen molar-refractivity contribution < 1.29 is 22.9 Å². The smallest absolute Gasteiger partial charge is 0.270 e. The van der Waals surface area contributed by atoms with Gasteiger partial charge in [0, 0.05) is 23.7 Å². The number of non-ortho nitro benzene ring substituents is 1. The van der Waals surface area contributed by atoms with Crippen molar-refractivity contribution in [1.29, 1.82) is 0 Å². The van der Waals surface area contributed by atoms with Gasteiger partial charge in [-0.2, -0.15) is 0 Å². The topological polar surface area (TPSA) is 115 Å². The molecule has 0 bridgehead atoms. The Morgan fingerprint density at radius 1 is 1.00 bits per heavy atom. The van der Waals surface area contributed by atoms with E-state index in [1.54, 1.807) is 0 Å². The van der Waals surface area contributed by atoms with Crippen molar-refractivity contribution in [1.82, 2.24) is 4.90 Å². The average Bonchev–Trinajstić information content (AvgIpc) is 2.84. The monoisotopic (exact) mass is 394 g/mol. The number of nitro benzene ring substituents is 1. The summed E-state index contributed by atoms with van der Waals surface area (Å²) in [6.45, 7) is -0.356. The van der Waals surface area contributed by atoms with E-state index in [0.717, 1.165) is 17.0 Å². The van der Waals surface area contributed by atoms with E-state index in [4.69, 9.17) is 11.6 Å². The third-order valence-electron chi connectivity index (χ3n) is 3.92. The molecular formula is C16H11ClN2O6S. The number of hydrogen-bond donors (Lipinski definition) is 0. The van der Waals surface area contributed by atoms with Crippen molar-refractivity contribution in [2.75, 3.05) is 12.3 Å². The van der Waals surface area contributed by atoms with Crippen molar-refractivity contribution in [3.8, 4) is 0 Å². The van der Waals surface area contributed by atoms with Crippen LogP contribution in [-0.2, 0) is 9.84 Å². The molecule has 0 N–H and O–H groups in total. The molecule has 0 fully saturated rings. The fourth-order valence-electron chi connectivity index (χ4n) is 2.57. The fraction of sp³-hybridized carbons (Fsp3) is 0.125. The summed E-state index contributed by atoms with van der Waals surface area (Å²) in [5.74, 6) is -1.89. The van der Waals surface area contributed by atoms with Gasteiger partial charge in [-0.25, -0.2) is 8.42 Å². The third-order valence-corrected chi connectivity index (χ3v) is 5.88. The first-order valence-electron chi connectivity index (χ1n) is 7.33. The summed E-state index contributed by atoms with van der Waals surface area (Å²) in [5.41, 5.74) is -0.405. The molecule has 1 heterocycles. The van der Waals surface area contributed by atoms with Crippen LogP contribution in [0.5, 0.6) is 0 Å². The normalized spacial score (nSPS) is 13.8. The standard InChI is InChI=1S/C16H11ClN2O6S/c17-10-1-4-12(5-2-10)26(24,25)8-7-18-15(20)13-6-3-11(19(22)23)9-14(13)16(18)21/h1-6,9H,7-8H2. The second-order valence-electron chi connectivity index (χ2n) is 5.52. The molecule has 2 aromatic rings. The lowest BCUT2D eigenvalue weighted by molar-refractivity contribution is -0.384. The van der Waals surface area contributed by atoms with Crippen LogP contribution in [0.3, 0.4) is 0 Å². The average molecular weight is 395 g/mol. The van der Waals surface area contributed by atoms with Gasteiger partial charge in [0.2, 0.25) is 0 Å². The molecule has 1 aliphatic heterocycles. The van der Waals surface area contributed by atoms with Crippen LogP contribution in [0.25, 0.3) is 0 Å². The molecule has 0 unspecified atom stereocenters. The number of amides is 2. The van der Waals surface area contributed by atoms with Crippen molar-refractivity contribution in [2.24, 2.45) is 0 Å². The number of rotatable bonds is 5. The van der Waals surface area contributed by atoms with Gasteiger partial charge >= 0.3 is 0 Å². The highest BCUT2D eigenvalue weighted by molar-refractivity contribution is 7.91. The highest BCUT2D eigenvalue weighted by Crippen LogP contribution is 2.27. The number of fused-ring (bicyclic) bond motifs is 1. The van der Waals surface area contributed by atoms with Crippen molar-refractivity contribution in [3.63, 3.8) is 0 Å². The first-order chi connectivity index (χ1) is 12.2. The van der Waals surface area contributed by atoms with E-state index < -0.39 is 32.3 Å². The predicted molar refractivity (Wildman–Crippen MR) is 92.0 cm³/mol. The van der Waals surface area contributed by atoms with Crippen molar-refractivity contribution >= 4 is 38.9 Å². The molecule has 0 saturated heterocycles. The SMILES string of the molecule is O=C1c2ccc([N+](=O)[O-])cc2C(=O)N1CCS(=O)(=O)c1ccc(Cl)cc1. The van der Waals surface area contributed by atoms with Gasteiger partial charge in [0.05, 0.1) is 26.7 Å². The number of carbonyl (C=O) groups excluding carboxylic acids is 2. The summed E-state index contributed by atoms with van der Waals surface area (Å²) in [5, 5.41) is 11.2. The lowest BCUT2D eigenvalue weighted by Crippen LogP contribution is -2.34. The third kappa shape index (κ3) is 3.18. The highest BCUT2D eigenvalue weighted by Gasteiger charge is 2.37. The van der Waals surface area contributed by atoms with Gasteiger partial charge in [-0.15, -0.1) is 0 Å². The van der Waals surface area contributed by atoms with Gasteiger partial charge in [-0.3, -0.25) is 24.6 Å². The lowest BCUT2D eigenvalue weighted by atomic mass is 10.1. The molecular weight excluding hydrogens is 384 g/mol. The molecule has 0 radical (unpaired) electrons. The van der Waals surface area contributed by atoms with Gasteiger partial charge in [-0.05, 0) is 30.3 Å². The van der Waals surface area contributed by atoms with Crippen LogP contribution in [0.4, 0.5) is 5.69 Å². The van der Waals surface area contributed by atoms with Crippen LogP contribution in [0, 0.1) is 10.1 Å². The minimum atomic E-state index is -3.73. The Labute approximate surface area is 153 Å². The van der Waals surface area contributed by atoms with Gasteiger partial charge < -0.3 is 0 Å². The van der Waals surface area contributed by atoms with Crippen LogP contribution in [0.15, 0.2) is 47.4 Å². The van der Waals surface area contributed by atoms with Crippen molar-refractivity contribution in [2.45, 2.75) is 4.90 Å². The van der Waals surface area contributed by atoms with Crippen LogP contribution in [0.1, 0.15) is 20.7 Å². The number of nitrogens with zero attached hydrogens (tertiary/aromatic N) is 2. The van der Waals surface area contributed by atoms with E-state index in [-0.39, 0.29) is 28.3 Å². The van der Waals surface area contributed by atoms with Gasteiger partial charge in [-0.1, -0.05) is 11.6 Å². The number of nitro groups is 1. The Hall–Kier alpha value is -2.78. The molecule has 0 spiro atoms. The Kier molecular flexibility index (Phi) is 4.51. The quantitative estimate of drug-likeness (QED) is 0.436. The molecule has 0 atom stereocenters. The molecule has 0 saturated carbocycles. The zero-order valence-electron chi connectivity index (χ0n) is 13.1. The summed E-state index contributed by atoms with van der Waals surface area (Å²) in [6, 6.07) is 8.86. The summed E-state index contributed by atoms with van der Waals surface area (Å²) < 4.78 is 24.7. The summed E-state index contributed by atoms with van der Waals surface area (Å²) in [4.78, 5) is 35.6. The van der Waals surface area contributed by atoms with E-state index in [9.17, 15) is 28.1 Å². The Balaban J connectivity index is 1.81. The molecule has 134 valence electrons. The van der Waals surface area contributed by atoms with E-state index in [1.165, 1.54) is 30.3 Å². The number of benzene rings is 2. The molecule has 0 aromatic heterocycles. The molecule has 0 aliphatic carbocycles. The lowest BCUT2D eigenvalue weighted by Gasteiger charge is -2.13. The van der Waals surface area contributed by atoms with Crippen LogP contribution < -0.4 is 0 Å². The highest BCUT2D eigenvalue weighted by atomic mass is 35.5. The molecule has 8 nitrogen and oxygen atoms in total. The summed E-state index contributed by atoms with van der Waals surface area (Å²) in [7, 11) is -3.73. The number of imide groups is 1. The zero-order valence-corrected chi connectivity index (χ0v) is 14.7. The largest absolute Gasteiger partial charge is 0.273 e. The van der Waals surface area contributed by atoms with E-state index >= 15 is 0 Å². The molecule has 10 heteroatoms. The maximum atomic E-state index is 12.4. The van der Waals surface area contributed by atoms with E-state index in [0.29, 0.717) is 5.02 Å². The molecule has 2 amide bonds. The summed E-state index contributed by atoms with van der Waals surface area (Å²) >= 11 is 5.73. The molecule has 26 heavy (non-hydrogen) atoms. The number of carbonyl (C=O) groups is 2. The van der Waals surface area contributed by atoms with Crippen LogP contribution in [-0.4, -0.2) is 42.4 Å². The number of sulfone groups is 1. The second kappa shape index (κ2) is 6.50. The van der Waals surface area contributed by atoms with E-state index in [1.807, 2.05) is 0 Å². The van der Waals surface area contributed by atoms with Crippen LogP contribution in [0.2, 0.25) is 5.02 Å². The first-order valence-corrected chi connectivity index (χ1v) is 9.37. The Morgan fingerprint density at radius 3 is 2.23 bits per heavy atom. The van der Waals surface area contributed by atoms with Crippen molar-refractivity contribution in [3.05, 3.63) is 68.7 Å². The van der Waals surface area contributed by atoms with Crippen LogP contribution >= 0.6 is 11.6 Å². The maximum Gasteiger partial charge on any atom is 0.270 e. The summed E-state index contributed by atoms with van der Waals surface area (Å²) in [6.07, 6.45) is 0. The number of hydrogen-bond acceptors (Lipinski definition) is 6. The number of halogens is 1. The maximum absolute atomic E-state index is 12.4. The molecule has 2 aromatic carbocycles. The zero-order chi connectivity index (χ0) is 19.1.